The quantitative estimate of drug-likeness (QED) is 0.737. The number of carbonyl (C=O) groups is 1. The Morgan fingerprint density at radius 1 is 1.43 bits per heavy atom. The Hall–Kier alpha value is -0.980. The molecule has 2 aromatic heterocycles. The molecule has 21 heavy (non-hydrogen) atoms. The number of aryl methyl sites for hydroxylation is 1. The van der Waals surface area contributed by atoms with E-state index in [9.17, 15) is 4.79 Å². The summed E-state index contributed by atoms with van der Waals surface area (Å²) in [6.45, 7) is 3.96. The lowest BCUT2D eigenvalue weighted by Crippen LogP contribution is -2.25. The van der Waals surface area contributed by atoms with Gasteiger partial charge in [-0.2, -0.15) is 5.10 Å². The van der Waals surface area contributed by atoms with Crippen LogP contribution in [0.15, 0.2) is 32.5 Å². The van der Waals surface area contributed by atoms with Crippen LogP contribution in [-0.4, -0.2) is 16.6 Å². The second kappa shape index (κ2) is 6.02. The molecule has 0 aromatic carbocycles. The van der Waals surface area contributed by atoms with Gasteiger partial charge in [0.1, 0.15) is 0 Å². The summed E-state index contributed by atoms with van der Waals surface area (Å²) < 4.78 is 1.06. The fraction of sp³-hybridized carbons (Fsp3) is 0.333. The summed E-state index contributed by atoms with van der Waals surface area (Å²) in [6.07, 6.45) is 1.27. The number of hydrogen-bond acceptors (Lipinski definition) is 4. The molecule has 2 aromatic rings. The van der Waals surface area contributed by atoms with Crippen molar-refractivity contribution in [2.24, 2.45) is 5.10 Å². The van der Waals surface area contributed by atoms with Crippen LogP contribution in [0, 0.1) is 6.92 Å². The van der Waals surface area contributed by atoms with E-state index in [2.05, 4.69) is 50.8 Å². The highest BCUT2D eigenvalue weighted by atomic mass is 79.9. The van der Waals surface area contributed by atoms with Crippen LogP contribution in [0.2, 0.25) is 0 Å². The highest BCUT2D eigenvalue weighted by Gasteiger charge is 2.33. The topological polar surface area (TPSA) is 32.7 Å². The summed E-state index contributed by atoms with van der Waals surface area (Å²) in [7, 11) is 0. The fourth-order valence-electron chi connectivity index (χ4n) is 2.36. The van der Waals surface area contributed by atoms with Gasteiger partial charge in [-0.3, -0.25) is 4.79 Å². The normalized spacial score (nSPS) is 18.1. The maximum absolute atomic E-state index is 12.2. The number of halogens is 1. The molecule has 1 aliphatic rings. The molecular formula is C15H15BrN2OS2. The van der Waals surface area contributed by atoms with E-state index in [1.54, 1.807) is 27.7 Å². The predicted molar refractivity (Wildman–Crippen MR) is 92.1 cm³/mol. The van der Waals surface area contributed by atoms with Gasteiger partial charge < -0.3 is 0 Å². The summed E-state index contributed by atoms with van der Waals surface area (Å²) in [6, 6.07) is 4.26. The molecule has 0 N–H and O–H groups in total. The molecule has 1 unspecified atom stereocenters. The highest BCUT2D eigenvalue weighted by molar-refractivity contribution is 9.10. The van der Waals surface area contributed by atoms with Crippen LogP contribution < -0.4 is 0 Å². The molecule has 3 nitrogen and oxygen atoms in total. The molecule has 0 saturated carbocycles. The molecular weight excluding hydrogens is 368 g/mol. The maximum atomic E-state index is 12.2. The SMILES string of the molecule is CCC(=O)N1N=C(c2cc(C)cs2)CC1c1cc(Br)cs1. The van der Waals surface area contributed by atoms with Crippen molar-refractivity contribution in [1.82, 2.24) is 5.01 Å². The number of amides is 1. The minimum Gasteiger partial charge on any atom is -0.273 e. The second-order valence-electron chi connectivity index (χ2n) is 5.01. The van der Waals surface area contributed by atoms with Crippen LogP contribution in [0.3, 0.4) is 0 Å². The Bertz CT molecular complexity index is 704. The van der Waals surface area contributed by atoms with E-state index in [1.165, 1.54) is 15.3 Å². The zero-order valence-electron chi connectivity index (χ0n) is 11.8. The van der Waals surface area contributed by atoms with Crippen LogP contribution in [0.4, 0.5) is 0 Å². The van der Waals surface area contributed by atoms with Crippen molar-refractivity contribution in [3.63, 3.8) is 0 Å². The van der Waals surface area contributed by atoms with Crippen molar-refractivity contribution in [1.29, 1.82) is 0 Å². The average Bonchev–Trinajstić information content (AvgIpc) is 3.16. The monoisotopic (exact) mass is 382 g/mol. The van der Waals surface area contributed by atoms with E-state index in [0.717, 1.165) is 16.6 Å². The van der Waals surface area contributed by atoms with Gasteiger partial charge in [0.25, 0.3) is 0 Å². The molecule has 1 aliphatic heterocycles. The number of hydrogen-bond donors (Lipinski definition) is 0. The molecule has 6 heteroatoms. The molecule has 3 rings (SSSR count). The summed E-state index contributed by atoms with van der Waals surface area (Å²) in [4.78, 5) is 14.5. The Balaban J connectivity index is 1.93. The summed E-state index contributed by atoms with van der Waals surface area (Å²) in [5.41, 5.74) is 2.26. The van der Waals surface area contributed by atoms with Crippen LogP contribution >= 0.6 is 38.6 Å². The lowest BCUT2D eigenvalue weighted by atomic mass is 10.1. The van der Waals surface area contributed by atoms with Crippen molar-refractivity contribution in [3.05, 3.63) is 42.7 Å². The molecule has 0 aliphatic carbocycles. The third-order valence-corrected chi connectivity index (χ3v) is 6.29. The van der Waals surface area contributed by atoms with Crippen LogP contribution in [0.25, 0.3) is 0 Å². The van der Waals surface area contributed by atoms with E-state index < -0.39 is 0 Å². The Morgan fingerprint density at radius 2 is 2.24 bits per heavy atom. The minimum atomic E-state index is 0.0335. The van der Waals surface area contributed by atoms with Gasteiger partial charge in [-0.1, -0.05) is 6.92 Å². The third-order valence-electron chi connectivity index (χ3n) is 3.40. The molecule has 1 amide bonds. The fourth-order valence-corrected chi connectivity index (χ4v) is 4.78. The van der Waals surface area contributed by atoms with Crippen LogP contribution in [0.5, 0.6) is 0 Å². The number of rotatable bonds is 3. The molecule has 0 bridgehead atoms. The first-order valence-electron chi connectivity index (χ1n) is 6.77. The maximum Gasteiger partial charge on any atom is 0.243 e. The molecule has 0 saturated heterocycles. The summed E-state index contributed by atoms with van der Waals surface area (Å²) in [5.74, 6) is 0.0767. The number of carbonyl (C=O) groups excluding carboxylic acids is 1. The number of nitrogens with zero attached hydrogens (tertiary/aromatic N) is 2. The summed E-state index contributed by atoms with van der Waals surface area (Å²) in [5, 5.41) is 10.5. The van der Waals surface area contributed by atoms with E-state index >= 15 is 0 Å². The average molecular weight is 383 g/mol. The predicted octanol–water partition coefficient (Wildman–Crippen LogP) is 4.97. The molecule has 110 valence electrons. The largest absolute Gasteiger partial charge is 0.273 e. The number of hydrazone groups is 1. The molecule has 0 radical (unpaired) electrons. The van der Waals surface area contributed by atoms with Crippen molar-refractivity contribution in [2.75, 3.05) is 0 Å². The van der Waals surface area contributed by atoms with E-state index in [1.807, 2.05) is 6.92 Å². The first-order chi connectivity index (χ1) is 10.1. The van der Waals surface area contributed by atoms with Crippen molar-refractivity contribution >= 4 is 50.2 Å². The number of thiophene rings is 2. The van der Waals surface area contributed by atoms with Gasteiger partial charge in [-0.15, -0.1) is 22.7 Å². The van der Waals surface area contributed by atoms with Gasteiger partial charge in [0, 0.05) is 27.6 Å². The molecule has 0 fully saturated rings. The van der Waals surface area contributed by atoms with E-state index in [0.29, 0.717) is 6.42 Å². The van der Waals surface area contributed by atoms with Crippen LogP contribution in [0.1, 0.15) is 41.1 Å². The van der Waals surface area contributed by atoms with Crippen molar-refractivity contribution < 1.29 is 4.79 Å². The first-order valence-corrected chi connectivity index (χ1v) is 9.32. The van der Waals surface area contributed by atoms with Crippen molar-refractivity contribution in [2.45, 2.75) is 32.7 Å². The lowest BCUT2D eigenvalue weighted by molar-refractivity contribution is -0.132. The Morgan fingerprint density at radius 3 is 2.81 bits per heavy atom. The van der Waals surface area contributed by atoms with Gasteiger partial charge >= 0.3 is 0 Å². The van der Waals surface area contributed by atoms with Gasteiger partial charge in [0.15, 0.2) is 0 Å². The zero-order valence-corrected chi connectivity index (χ0v) is 15.0. The van der Waals surface area contributed by atoms with Crippen molar-refractivity contribution in [3.8, 4) is 0 Å². The van der Waals surface area contributed by atoms with Gasteiger partial charge in [-0.05, 0) is 45.9 Å². The first kappa shape index (κ1) is 14.9. The summed E-state index contributed by atoms with van der Waals surface area (Å²) >= 11 is 6.85. The molecule has 0 spiro atoms. The Labute approximate surface area is 140 Å². The zero-order chi connectivity index (χ0) is 15.0. The van der Waals surface area contributed by atoms with Gasteiger partial charge in [-0.25, -0.2) is 5.01 Å². The van der Waals surface area contributed by atoms with E-state index in [-0.39, 0.29) is 11.9 Å². The van der Waals surface area contributed by atoms with Gasteiger partial charge in [0.2, 0.25) is 5.91 Å². The molecule has 1 atom stereocenters. The van der Waals surface area contributed by atoms with Crippen LogP contribution in [-0.2, 0) is 4.79 Å². The van der Waals surface area contributed by atoms with E-state index in [4.69, 9.17) is 0 Å². The lowest BCUT2D eigenvalue weighted by Gasteiger charge is -2.19. The third kappa shape index (κ3) is 2.98. The van der Waals surface area contributed by atoms with Gasteiger partial charge in [0.05, 0.1) is 16.6 Å². The Kier molecular flexibility index (Phi) is 4.28. The minimum absolute atomic E-state index is 0.0335. The standard InChI is InChI=1S/C15H15BrN2OS2/c1-3-15(19)18-12(14-5-10(16)8-21-14)6-11(17-18)13-4-9(2)7-20-13/h4-5,7-8,12H,3,6H2,1-2H3. The smallest absolute Gasteiger partial charge is 0.243 e. The second-order valence-corrected chi connectivity index (χ2v) is 7.78. The molecule has 3 heterocycles. The highest BCUT2D eigenvalue weighted by Crippen LogP contribution is 2.38.